The minimum atomic E-state index is -0.346. The Hall–Kier alpha value is 1.15. The van der Waals surface area contributed by atoms with Gasteiger partial charge >= 0.3 is 34.5 Å². The van der Waals surface area contributed by atoms with Crippen molar-refractivity contribution in [3.63, 3.8) is 0 Å². The number of hydrogen-bond donors (Lipinski definition) is 0. The van der Waals surface area contributed by atoms with Crippen LogP contribution in [0.15, 0.2) is 30.3 Å². The van der Waals surface area contributed by atoms with E-state index in [0.29, 0.717) is 0 Å². The second-order valence-corrected chi connectivity index (χ2v) is 26.0. The van der Waals surface area contributed by atoms with Crippen LogP contribution in [0.25, 0.3) is 0 Å². The summed E-state index contributed by atoms with van der Waals surface area (Å²) in [6.45, 7) is 5.36. The molecule has 0 nitrogen and oxygen atoms in total. The molecule has 48 heavy (non-hydrogen) atoms. The van der Waals surface area contributed by atoms with Gasteiger partial charge in [0.2, 0.25) is 0 Å². The van der Waals surface area contributed by atoms with E-state index in [1.54, 1.807) is 193 Å². The van der Waals surface area contributed by atoms with Crippen LogP contribution < -0.4 is 0 Å². The van der Waals surface area contributed by atoms with Crippen molar-refractivity contribution >= 4 is 35.2 Å². The third-order valence-corrected chi connectivity index (χ3v) is 22.4. The maximum absolute atomic E-state index is 5.36. The molecule has 0 amide bonds. The molecule has 6 aliphatic rings. The number of halogens is 2. The van der Waals surface area contributed by atoms with Crippen molar-refractivity contribution in [2.24, 2.45) is 0 Å². The summed E-state index contributed by atoms with van der Waals surface area (Å²) in [7, 11) is 9.61. The zero-order chi connectivity index (χ0) is 33.7. The van der Waals surface area contributed by atoms with Gasteiger partial charge in [-0.25, -0.2) is 12.5 Å². The van der Waals surface area contributed by atoms with Crippen molar-refractivity contribution in [2.45, 2.75) is 227 Å². The second-order valence-electron chi connectivity index (χ2n) is 16.5. The summed E-state index contributed by atoms with van der Waals surface area (Å²) in [6, 6.07) is 9.49. The molecule has 0 N–H and O–H groups in total. The summed E-state index contributed by atoms with van der Waals surface area (Å²) < 4.78 is 0. The average molecular weight is 825 g/mol. The Morgan fingerprint density at radius 1 is 0.375 bits per heavy atom. The Kier molecular flexibility index (Phi) is 22.7. The van der Waals surface area contributed by atoms with Gasteiger partial charge in [-0.2, -0.15) is 12.1 Å². The molecule has 0 heterocycles. The molecule has 0 atom stereocenters. The summed E-state index contributed by atoms with van der Waals surface area (Å²) in [6.07, 6.45) is 47.6. The van der Waals surface area contributed by atoms with Gasteiger partial charge in [0.15, 0.2) is 0 Å². The molecule has 1 radical (unpaired) electrons. The molecule has 1 aromatic rings. The van der Waals surface area contributed by atoms with Crippen LogP contribution in [0.3, 0.4) is 0 Å². The molecule has 1 aromatic carbocycles. The van der Waals surface area contributed by atoms with E-state index >= 15 is 0 Å². The van der Waals surface area contributed by atoms with Crippen molar-refractivity contribution in [3.8, 4) is 0 Å². The minimum absolute atomic E-state index is 0.0465. The monoisotopic (exact) mass is 824 g/mol. The number of benzene rings is 1. The SMILES string of the molecule is C1CCC([PH+](C2CCCCC2)C2CCCCC2)CC1.C1CCC([PH+](C2CCCCC2)C2CCCCC2)CC1.[CH-]c1ccccc1.[Cl][Ru][Cl]. The molecule has 0 bridgehead atoms. The second kappa shape index (κ2) is 26.0. The summed E-state index contributed by atoms with van der Waals surface area (Å²) in [5.41, 5.74) is 8.18. The summed E-state index contributed by atoms with van der Waals surface area (Å²) >= 11 is -0.346. The average Bonchev–Trinajstić information content (AvgIpc) is 3.16. The van der Waals surface area contributed by atoms with Crippen molar-refractivity contribution < 1.29 is 15.1 Å². The first-order valence-corrected chi connectivity index (χ1v) is 29.0. The van der Waals surface area contributed by atoms with E-state index in [1.807, 2.05) is 30.3 Å². The Morgan fingerprint density at radius 3 is 0.708 bits per heavy atom. The van der Waals surface area contributed by atoms with Gasteiger partial charge in [-0.15, -0.1) is 12.1 Å². The molecule has 0 saturated heterocycles. The Morgan fingerprint density at radius 2 is 0.562 bits per heavy atom. The molecule has 5 heteroatoms. The third kappa shape index (κ3) is 15.3. The first kappa shape index (κ1) is 41.9. The van der Waals surface area contributed by atoms with Crippen LogP contribution in [0.5, 0.6) is 0 Å². The summed E-state index contributed by atoms with van der Waals surface area (Å²) in [5, 5.41) is 0. The fourth-order valence-electron chi connectivity index (χ4n) is 11.1. The molecule has 277 valence electrons. The molecule has 0 aliphatic heterocycles. The summed E-state index contributed by atoms with van der Waals surface area (Å²) in [4.78, 5) is 0. The van der Waals surface area contributed by atoms with E-state index < -0.39 is 0 Å². The molecular weight excluding hydrogens is 750 g/mol. The molecule has 6 saturated carbocycles. The van der Waals surface area contributed by atoms with Gasteiger partial charge in [0.25, 0.3) is 0 Å². The van der Waals surface area contributed by atoms with Gasteiger partial charge in [-0.1, -0.05) is 44.6 Å². The fourth-order valence-corrected chi connectivity index (χ4v) is 21.5. The van der Waals surface area contributed by atoms with Gasteiger partial charge in [-0.05, 0) is 154 Å². The molecule has 0 aromatic heterocycles. The Bertz CT molecular complexity index is 742. The molecule has 6 fully saturated rings. The van der Waals surface area contributed by atoms with Crippen LogP contribution in [0.2, 0.25) is 0 Å². The van der Waals surface area contributed by atoms with Crippen molar-refractivity contribution in [3.05, 3.63) is 42.8 Å². The molecule has 0 unspecified atom stereocenters. The van der Waals surface area contributed by atoms with E-state index in [2.05, 4.69) is 0 Å². The van der Waals surface area contributed by atoms with E-state index in [4.69, 9.17) is 26.3 Å². The van der Waals surface area contributed by atoms with Crippen LogP contribution in [0, 0.1) is 6.92 Å². The van der Waals surface area contributed by atoms with Crippen LogP contribution in [0.1, 0.15) is 198 Å². The zero-order valence-electron chi connectivity index (χ0n) is 30.8. The van der Waals surface area contributed by atoms with Gasteiger partial charge in [-0.3, -0.25) is 0 Å². The van der Waals surface area contributed by atoms with Crippen LogP contribution in [-0.4, -0.2) is 34.0 Å². The van der Waals surface area contributed by atoms with Crippen molar-refractivity contribution in [1.29, 1.82) is 0 Å². The first-order valence-electron chi connectivity index (χ1n) is 21.1. The molecular formula is C43H74Cl2P2Ru+. The van der Waals surface area contributed by atoms with Gasteiger partial charge in [0.1, 0.15) is 0 Å². The summed E-state index contributed by atoms with van der Waals surface area (Å²) in [5.74, 6) is 0. The van der Waals surface area contributed by atoms with Crippen LogP contribution in [-0.2, 0) is 15.1 Å². The standard InChI is InChI=1S/2C18H33P.C7H6.2ClH.Ru/c2*1-4-10-16(11-5-1)19(17-12-6-2-7-13-17)18-14-8-3-9-15-18;1-7-5-3-2-4-6-7;;;/h2*16-18H,1-15H2;1-6H;2*1H;/q;;-1;;;+2. The molecule has 6 aliphatic carbocycles. The van der Waals surface area contributed by atoms with Crippen molar-refractivity contribution in [1.82, 2.24) is 0 Å². The predicted molar refractivity (Wildman–Crippen MR) is 219 cm³/mol. The van der Waals surface area contributed by atoms with Crippen LogP contribution >= 0.6 is 35.2 Å². The molecule has 7 rings (SSSR count). The van der Waals surface area contributed by atoms with Crippen molar-refractivity contribution in [2.75, 3.05) is 0 Å². The van der Waals surface area contributed by atoms with Crippen LogP contribution in [0.4, 0.5) is 0 Å². The van der Waals surface area contributed by atoms with Gasteiger partial charge < -0.3 is 0 Å². The van der Waals surface area contributed by atoms with E-state index in [1.165, 1.54) is 34.0 Å². The zero-order valence-corrected chi connectivity index (χ0v) is 36.0. The fraction of sp³-hybridized carbons (Fsp3) is 0.837. The first-order chi connectivity index (χ1) is 23.7. The topological polar surface area (TPSA) is 0 Å². The number of hydrogen-bond acceptors (Lipinski definition) is 0. The third-order valence-electron chi connectivity index (χ3n) is 13.3. The van der Waals surface area contributed by atoms with E-state index in [0.717, 1.165) is 5.56 Å². The predicted octanol–water partition coefficient (Wildman–Crippen LogP) is 15.5. The Labute approximate surface area is 317 Å². The quantitative estimate of drug-likeness (QED) is 0.152. The van der Waals surface area contributed by atoms with E-state index in [-0.39, 0.29) is 31.0 Å². The normalized spacial score (nSPS) is 24.6. The van der Waals surface area contributed by atoms with E-state index in [9.17, 15) is 0 Å². The maximum atomic E-state index is 5.36. The Balaban J connectivity index is 0.000000170. The number of rotatable bonds is 6. The van der Waals surface area contributed by atoms with Gasteiger partial charge in [0.05, 0.1) is 34.0 Å². The molecule has 0 spiro atoms. The van der Waals surface area contributed by atoms with Gasteiger partial charge in [0, 0.05) is 15.8 Å².